The van der Waals surface area contributed by atoms with Crippen molar-refractivity contribution in [1.29, 1.82) is 0 Å². The molecule has 1 heterocycles. The van der Waals surface area contributed by atoms with E-state index in [1.807, 2.05) is 0 Å². The van der Waals surface area contributed by atoms with Crippen LogP contribution in [-0.2, 0) is 0 Å². The van der Waals surface area contributed by atoms with Gasteiger partial charge < -0.3 is 5.11 Å². The maximum absolute atomic E-state index is 8.46. The van der Waals surface area contributed by atoms with Crippen LogP contribution in [0.4, 0.5) is 0 Å². The number of hydrogen-bond acceptors (Lipinski definition) is 2. The summed E-state index contributed by atoms with van der Waals surface area (Å²) in [6.45, 7) is 3.76. The lowest BCUT2D eigenvalue weighted by Gasteiger charge is -1.85. The lowest BCUT2D eigenvalue weighted by Crippen LogP contribution is -1.62. The fourth-order valence-corrected chi connectivity index (χ4v) is 1.47. The van der Waals surface area contributed by atoms with Crippen molar-refractivity contribution in [2.24, 2.45) is 0 Å². The van der Waals surface area contributed by atoms with E-state index in [9.17, 15) is 0 Å². The molecule has 1 aliphatic rings. The Morgan fingerprint density at radius 1 is 1.62 bits per heavy atom. The lowest BCUT2D eigenvalue weighted by atomic mass is 10.3. The van der Waals surface area contributed by atoms with Gasteiger partial charge in [-0.3, -0.25) is 0 Å². The van der Waals surface area contributed by atoms with Gasteiger partial charge in [0.05, 0.1) is 6.26 Å². The maximum atomic E-state index is 8.46. The van der Waals surface area contributed by atoms with Crippen LogP contribution < -0.4 is 0 Å². The fraction of sp³-hybridized carbons (Fsp3) is 0.333. The first-order valence-corrected chi connectivity index (χ1v) is 3.33. The van der Waals surface area contributed by atoms with Crippen molar-refractivity contribution in [3.05, 3.63) is 22.7 Å². The highest BCUT2D eigenvalue weighted by Crippen LogP contribution is 2.38. The molecule has 8 heavy (non-hydrogen) atoms. The average Bonchev–Trinajstić information content (AvgIpc) is 2.14. The molecule has 1 aliphatic heterocycles. The van der Waals surface area contributed by atoms with Gasteiger partial charge in [-0.25, -0.2) is 0 Å². The van der Waals surface area contributed by atoms with Crippen LogP contribution in [0.2, 0.25) is 0 Å². The van der Waals surface area contributed by atoms with Gasteiger partial charge in [0.15, 0.2) is 0 Å². The van der Waals surface area contributed by atoms with Crippen LogP contribution >= 0.6 is 11.8 Å². The zero-order valence-corrected chi connectivity index (χ0v) is 5.37. The van der Waals surface area contributed by atoms with Gasteiger partial charge in [0.1, 0.15) is 0 Å². The van der Waals surface area contributed by atoms with Crippen LogP contribution in [0.15, 0.2) is 22.7 Å². The lowest BCUT2D eigenvalue weighted by molar-refractivity contribution is 0.469. The van der Waals surface area contributed by atoms with Crippen LogP contribution in [0.25, 0.3) is 0 Å². The summed E-state index contributed by atoms with van der Waals surface area (Å²) < 4.78 is 0. The molecule has 1 nitrogen and oxygen atoms in total. The Kier molecular flexibility index (Phi) is 1.63. The molecular formula is C6H8OS. The summed E-state index contributed by atoms with van der Waals surface area (Å²) in [5.74, 6) is 0. The third-order valence-electron chi connectivity index (χ3n) is 1.07. The van der Waals surface area contributed by atoms with Gasteiger partial charge in [-0.1, -0.05) is 18.3 Å². The van der Waals surface area contributed by atoms with E-state index < -0.39 is 0 Å². The molecule has 0 bridgehead atoms. The molecule has 1 rings (SSSR count). The summed E-state index contributed by atoms with van der Waals surface area (Å²) in [5, 5.41) is 8.46. The van der Waals surface area contributed by atoms with Crippen molar-refractivity contribution in [2.75, 3.05) is 0 Å². The van der Waals surface area contributed by atoms with Gasteiger partial charge in [0, 0.05) is 4.91 Å². The van der Waals surface area contributed by atoms with Gasteiger partial charge >= 0.3 is 0 Å². The monoisotopic (exact) mass is 128 g/mol. The van der Waals surface area contributed by atoms with Crippen LogP contribution in [0.1, 0.15) is 12.8 Å². The highest BCUT2D eigenvalue weighted by atomic mass is 32.2. The predicted octanol–water partition coefficient (Wildman–Crippen LogP) is 2.43. The molecule has 0 aromatic heterocycles. The number of aliphatic hydroxyl groups is 1. The van der Waals surface area contributed by atoms with Gasteiger partial charge in [0.25, 0.3) is 0 Å². The molecule has 2 heteroatoms. The largest absolute Gasteiger partial charge is 0.515 e. The third-order valence-corrected chi connectivity index (χ3v) is 2.13. The van der Waals surface area contributed by atoms with Crippen molar-refractivity contribution in [3.8, 4) is 0 Å². The summed E-state index contributed by atoms with van der Waals surface area (Å²) in [5.41, 5.74) is 0. The molecule has 1 N–H and O–H groups in total. The molecule has 0 aromatic carbocycles. The standard InChI is InChI=1S/C6H8OS/c1-5-2-3-6(4-7)8-5/h4,7H,1-3H2/b6-4+. The Bertz CT molecular complexity index is 137. The van der Waals surface area contributed by atoms with E-state index in [-0.39, 0.29) is 0 Å². The molecule has 0 unspecified atom stereocenters. The molecule has 0 amide bonds. The first kappa shape index (κ1) is 5.76. The Balaban J connectivity index is 2.56. The SMILES string of the molecule is C=C1CC/C(=C\O)S1. The van der Waals surface area contributed by atoms with Crippen molar-refractivity contribution < 1.29 is 5.11 Å². The molecule has 44 valence electrons. The Hall–Kier alpha value is -0.370. The second-order valence-corrected chi connectivity index (χ2v) is 3.04. The molecule has 0 radical (unpaired) electrons. The molecular weight excluding hydrogens is 120 g/mol. The first-order chi connectivity index (χ1) is 3.83. The van der Waals surface area contributed by atoms with E-state index in [0.29, 0.717) is 0 Å². The number of hydrogen-bond donors (Lipinski definition) is 1. The summed E-state index contributed by atoms with van der Waals surface area (Å²) in [7, 11) is 0. The Labute approximate surface area is 53.1 Å². The number of aliphatic hydroxyl groups excluding tert-OH is 1. The van der Waals surface area contributed by atoms with Crippen LogP contribution in [-0.4, -0.2) is 5.11 Å². The van der Waals surface area contributed by atoms with Gasteiger partial charge in [-0.05, 0) is 17.7 Å². The molecule has 0 aromatic rings. The van der Waals surface area contributed by atoms with E-state index in [1.165, 1.54) is 6.26 Å². The van der Waals surface area contributed by atoms with Crippen molar-refractivity contribution >= 4 is 11.8 Å². The van der Waals surface area contributed by atoms with Crippen LogP contribution in [0, 0.1) is 0 Å². The predicted molar refractivity (Wildman–Crippen MR) is 36.7 cm³/mol. The Morgan fingerprint density at radius 2 is 2.38 bits per heavy atom. The maximum Gasteiger partial charge on any atom is 0.0890 e. The van der Waals surface area contributed by atoms with Gasteiger partial charge in [-0.15, -0.1) is 0 Å². The number of thioether (sulfide) groups is 1. The van der Waals surface area contributed by atoms with Crippen molar-refractivity contribution in [2.45, 2.75) is 12.8 Å². The molecule has 0 atom stereocenters. The van der Waals surface area contributed by atoms with Gasteiger partial charge in [-0.2, -0.15) is 0 Å². The third kappa shape index (κ3) is 1.07. The second-order valence-electron chi connectivity index (χ2n) is 1.74. The van der Waals surface area contributed by atoms with Crippen molar-refractivity contribution in [1.82, 2.24) is 0 Å². The first-order valence-electron chi connectivity index (χ1n) is 2.52. The summed E-state index contributed by atoms with van der Waals surface area (Å²) in [4.78, 5) is 2.19. The van der Waals surface area contributed by atoms with Crippen LogP contribution in [0.3, 0.4) is 0 Å². The minimum absolute atomic E-state index is 0.972. The van der Waals surface area contributed by atoms with E-state index in [1.54, 1.807) is 11.8 Å². The quantitative estimate of drug-likeness (QED) is 0.505. The minimum Gasteiger partial charge on any atom is -0.515 e. The van der Waals surface area contributed by atoms with Gasteiger partial charge in [0.2, 0.25) is 0 Å². The zero-order chi connectivity index (χ0) is 5.98. The zero-order valence-electron chi connectivity index (χ0n) is 4.55. The van der Waals surface area contributed by atoms with E-state index >= 15 is 0 Å². The second kappa shape index (κ2) is 2.27. The van der Waals surface area contributed by atoms with Crippen LogP contribution in [0.5, 0.6) is 0 Å². The minimum atomic E-state index is 0.972. The highest BCUT2D eigenvalue weighted by molar-refractivity contribution is 8.07. The molecule has 1 fully saturated rings. The van der Waals surface area contributed by atoms with E-state index in [4.69, 9.17) is 5.11 Å². The smallest absolute Gasteiger partial charge is 0.0890 e. The highest BCUT2D eigenvalue weighted by Gasteiger charge is 2.10. The number of allylic oxidation sites excluding steroid dienone is 2. The average molecular weight is 128 g/mol. The van der Waals surface area contributed by atoms with E-state index in [2.05, 4.69) is 6.58 Å². The molecule has 0 aliphatic carbocycles. The topological polar surface area (TPSA) is 20.2 Å². The number of rotatable bonds is 0. The molecule has 0 saturated carbocycles. The fourth-order valence-electron chi connectivity index (χ4n) is 0.641. The normalized spacial score (nSPS) is 25.0. The van der Waals surface area contributed by atoms with E-state index in [0.717, 1.165) is 22.7 Å². The molecule has 0 spiro atoms. The molecule has 1 saturated heterocycles. The summed E-state index contributed by atoms with van der Waals surface area (Å²) >= 11 is 1.58. The summed E-state index contributed by atoms with van der Waals surface area (Å²) in [6, 6.07) is 0. The Morgan fingerprint density at radius 3 is 2.62 bits per heavy atom. The summed E-state index contributed by atoms with van der Waals surface area (Å²) in [6.07, 6.45) is 3.17. The van der Waals surface area contributed by atoms with Crippen molar-refractivity contribution in [3.63, 3.8) is 0 Å².